The van der Waals surface area contributed by atoms with Crippen molar-refractivity contribution in [1.29, 1.82) is 0 Å². The van der Waals surface area contributed by atoms with Crippen LogP contribution in [0.25, 0.3) is 0 Å². The Labute approximate surface area is 115 Å². The van der Waals surface area contributed by atoms with Crippen molar-refractivity contribution in [2.24, 2.45) is 5.73 Å². The number of aromatic nitrogens is 3. The fraction of sp³-hybridized carbons (Fsp3) is 0.273. The molecule has 0 aliphatic rings. The lowest BCUT2D eigenvalue weighted by Crippen LogP contribution is -2.25. The summed E-state index contributed by atoms with van der Waals surface area (Å²) >= 11 is 0. The molecule has 1 heterocycles. The SMILES string of the molecule is Cc1c(F)cc(CN)cc1S(=O)(=O)NCc1ncn[nH]1. The van der Waals surface area contributed by atoms with Crippen LogP contribution in [0.2, 0.25) is 0 Å². The average Bonchev–Trinajstić information content (AvgIpc) is 2.92. The molecule has 0 spiro atoms. The number of hydrogen-bond donors (Lipinski definition) is 3. The quantitative estimate of drug-likeness (QED) is 0.729. The van der Waals surface area contributed by atoms with Crippen molar-refractivity contribution >= 4 is 10.0 Å². The number of aromatic amines is 1. The van der Waals surface area contributed by atoms with Gasteiger partial charge in [-0.15, -0.1) is 0 Å². The fourth-order valence-electron chi connectivity index (χ4n) is 1.66. The van der Waals surface area contributed by atoms with Crippen LogP contribution in [0.5, 0.6) is 0 Å². The van der Waals surface area contributed by atoms with E-state index in [9.17, 15) is 12.8 Å². The van der Waals surface area contributed by atoms with Crippen molar-refractivity contribution in [2.75, 3.05) is 0 Å². The summed E-state index contributed by atoms with van der Waals surface area (Å²) in [5.41, 5.74) is 5.89. The van der Waals surface area contributed by atoms with Gasteiger partial charge in [0.15, 0.2) is 0 Å². The van der Waals surface area contributed by atoms with Gasteiger partial charge in [0, 0.05) is 12.1 Å². The molecule has 2 rings (SSSR count). The number of sulfonamides is 1. The molecule has 0 aliphatic heterocycles. The first-order valence-corrected chi connectivity index (χ1v) is 7.25. The lowest BCUT2D eigenvalue weighted by atomic mass is 10.1. The zero-order valence-electron chi connectivity index (χ0n) is 10.7. The second-order valence-electron chi connectivity index (χ2n) is 4.16. The highest BCUT2D eigenvalue weighted by Gasteiger charge is 2.20. The molecule has 0 saturated carbocycles. The summed E-state index contributed by atoms with van der Waals surface area (Å²) in [5, 5.41) is 6.13. The van der Waals surface area contributed by atoms with E-state index in [1.807, 2.05) is 0 Å². The molecule has 0 saturated heterocycles. The van der Waals surface area contributed by atoms with E-state index in [4.69, 9.17) is 5.73 Å². The van der Waals surface area contributed by atoms with Crippen LogP contribution in [0, 0.1) is 12.7 Å². The van der Waals surface area contributed by atoms with Crippen LogP contribution >= 0.6 is 0 Å². The third-order valence-electron chi connectivity index (χ3n) is 2.78. The van der Waals surface area contributed by atoms with Crippen molar-refractivity contribution in [2.45, 2.75) is 24.9 Å². The maximum Gasteiger partial charge on any atom is 0.241 e. The lowest BCUT2D eigenvalue weighted by Gasteiger charge is -2.11. The molecule has 0 aliphatic carbocycles. The maximum absolute atomic E-state index is 13.7. The van der Waals surface area contributed by atoms with Gasteiger partial charge in [0.05, 0.1) is 11.4 Å². The Hall–Kier alpha value is -1.84. The monoisotopic (exact) mass is 299 g/mol. The number of benzene rings is 1. The number of rotatable bonds is 5. The number of nitrogens with zero attached hydrogens (tertiary/aromatic N) is 2. The van der Waals surface area contributed by atoms with Crippen molar-refractivity contribution in [3.63, 3.8) is 0 Å². The smallest absolute Gasteiger partial charge is 0.241 e. The topological polar surface area (TPSA) is 114 Å². The van der Waals surface area contributed by atoms with E-state index in [0.29, 0.717) is 11.4 Å². The van der Waals surface area contributed by atoms with Gasteiger partial charge in [-0.1, -0.05) is 0 Å². The summed E-state index contributed by atoms with van der Waals surface area (Å²) in [6.07, 6.45) is 1.27. The van der Waals surface area contributed by atoms with Crippen molar-refractivity contribution in [1.82, 2.24) is 19.9 Å². The summed E-state index contributed by atoms with van der Waals surface area (Å²) in [6, 6.07) is 2.59. The van der Waals surface area contributed by atoms with Gasteiger partial charge in [0.25, 0.3) is 0 Å². The zero-order valence-corrected chi connectivity index (χ0v) is 11.5. The lowest BCUT2D eigenvalue weighted by molar-refractivity contribution is 0.572. The fourth-order valence-corrected chi connectivity index (χ4v) is 2.95. The molecule has 0 amide bonds. The van der Waals surface area contributed by atoms with Gasteiger partial charge in [-0.3, -0.25) is 5.10 Å². The number of H-pyrrole nitrogens is 1. The first-order chi connectivity index (χ1) is 9.44. The van der Waals surface area contributed by atoms with E-state index in [1.54, 1.807) is 0 Å². The summed E-state index contributed by atoms with van der Waals surface area (Å²) in [4.78, 5) is 3.67. The number of halogens is 1. The van der Waals surface area contributed by atoms with Crippen LogP contribution in [0.15, 0.2) is 23.4 Å². The summed E-state index contributed by atoms with van der Waals surface area (Å²) in [6.45, 7) is 1.40. The largest absolute Gasteiger partial charge is 0.326 e. The van der Waals surface area contributed by atoms with Crippen molar-refractivity contribution in [3.8, 4) is 0 Å². The Bertz CT molecular complexity index is 700. The van der Waals surface area contributed by atoms with Crippen LogP contribution in [0.1, 0.15) is 17.0 Å². The Morgan fingerprint density at radius 3 is 2.80 bits per heavy atom. The highest BCUT2D eigenvalue weighted by molar-refractivity contribution is 7.89. The van der Waals surface area contributed by atoms with Crippen LogP contribution in [0.4, 0.5) is 4.39 Å². The minimum atomic E-state index is -3.86. The third-order valence-corrected chi connectivity index (χ3v) is 4.30. The average molecular weight is 299 g/mol. The van der Waals surface area contributed by atoms with E-state index in [2.05, 4.69) is 19.9 Å². The third kappa shape index (κ3) is 3.00. The minimum absolute atomic E-state index is 0.0484. The molecular formula is C11H14FN5O2S. The first kappa shape index (κ1) is 14.6. The highest BCUT2D eigenvalue weighted by atomic mass is 32.2. The summed E-state index contributed by atoms with van der Waals surface area (Å²) < 4.78 is 40.4. The van der Waals surface area contributed by atoms with E-state index >= 15 is 0 Å². The molecule has 7 nitrogen and oxygen atoms in total. The molecule has 0 radical (unpaired) electrons. The molecule has 0 bridgehead atoms. The first-order valence-electron chi connectivity index (χ1n) is 5.77. The molecule has 0 unspecified atom stereocenters. The van der Waals surface area contributed by atoms with Crippen LogP contribution < -0.4 is 10.5 Å². The van der Waals surface area contributed by atoms with Gasteiger partial charge < -0.3 is 5.73 Å². The molecule has 4 N–H and O–H groups in total. The van der Waals surface area contributed by atoms with Gasteiger partial charge in [0.1, 0.15) is 18.0 Å². The van der Waals surface area contributed by atoms with Gasteiger partial charge in [-0.05, 0) is 24.6 Å². The van der Waals surface area contributed by atoms with Crippen molar-refractivity contribution < 1.29 is 12.8 Å². The van der Waals surface area contributed by atoms with E-state index in [-0.39, 0.29) is 23.5 Å². The van der Waals surface area contributed by atoms with Crippen LogP contribution in [0.3, 0.4) is 0 Å². The Balaban J connectivity index is 2.31. The Morgan fingerprint density at radius 1 is 1.45 bits per heavy atom. The van der Waals surface area contributed by atoms with Crippen LogP contribution in [-0.4, -0.2) is 23.6 Å². The number of nitrogens with two attached hydrogens (primary N) is 1. The van der Waals surface area contributed by atoms with Crippen molar-refractivity contribution in [3.05, 3.63) is 41.2 Å². The molecule has 2 aromatic rings. The Kier molecular flexibility index (Phi) is 4.12. The molecule has 1 aromatic carbocycles. The van der Waals surface area contributed by atoms with E-state index < -0.39 is 15.8 Å². The van der Waals surface area contributed by atoms with Gasteiger partial charge in [-0.25, -0.2) is 22.5 Å². The second-order valence-corrected chi connectivity index (χ2v) is 5.90. The van der Waals surface area contributed by atoms with Gasteiger partial charge in [-0.2, -0.15) is 5.10 Å². The zero-order chi connectivity index (χ0) is 14.8. The predicted octanol–water partition coefficient (Wildman–Crippen LogP) is 0.189. The standard InChI is InChI=1S/C11H14FN5O2S/c1-7-9(12)2-8(4-13)3-10(7)20(18,19)16-5-11-14-6-15-17-11/h2-3,6,16H,4-5,13H2,1H3,(H,14,15,17). The predicted molar refractivity (Wildman–Crippen MR) is 69.4 cm³/mol. The Morgan fingerprint density at radius 2 is 2.20 bits per heavy atom. The van der Waals surface area contributed by atoms with Crippen LogP contribution in [-0.2, 0) is 23.1 Å². The van der Waals surface area contributed by atoms with E-state index in [1.165, 1.54) is 25.4 Å². The molecule has 108 valence electrons. The molecule has 20 heavy (non-hydrogen) atoms. The maximum atomic E-state index is 13.7. The van der Waals surface area contributed by atoms with E-state index in [0.717, 1.165) is 0 Å². The van der Waals surface area contributed by atoms with Gasteiger partial charge >= 0.3 is 0 Å². The number of hydrogen-bond acceptors (Lipinski definition) is 5. The highest BCUT2D eigenvalue weighted by Crippen LogP contribution is 2.20. The molecule has 9 heteroatoms. The second kappa shape index (κ2) is 5.65. The molecular weight excluding hydrogens is 285 g/mol. The summed E-state index contributed by atoms with van der Waals surface area (Å²) in [7, 11) is -3.86. The molecule has 0 fully saturated rings. The summed E-state index contributed by atoms with van der Waals surface area (Å²) in [5.74, 6) is -0.241. The molecule has 0 atom stereocenters. The molecule has 1 aromatic heterocycles. The minimum Gasteiger partial charge on any atom is -0.326 e. The van der Waals surface area contributed by atoms with Gasteiger partial charge in [0.2, 0.25) is 10.0 Å². The normalized spacial score (nSPS) is 11.8. The number of nitrogens with one attached hydrogen (secondary N) is 2.